The molecule has 0 radical (unpaired) electrons. The van der Waals surface area contributed by atoms with Crippen molar-refractivity contribution in [3.8, 4) is 11.5 Å². The highest BCUT2D eigenvalue weighted by molar-refractivity contribution is 5.76. The maximum Gasteiger partial charge on any atom is 0.306 e. The number of benzene rings is 3. The summed E-state index contributed by atoms with van der Waals surface area (Å²) < 4.78 is 16.5. The Labute approximate surface area is 200 Å². The van der Waals surface area contributed by atoms with Gasteiger partial charge in [-0.15, -0.1) is 0 Å². The number of carbonyl (C=O) groups excluding carboxylic acids is 2. The average Bonchev–Trinajstić information content (AvgIpc) is 2.89. The molecule has 6 nitrogen and oxygen atoms in total. The van der Waals surface area contributed by atoms with E-state index in [0.717, 1.165) is 11.1 Å². The lowest BCUT2D eigenvalue weighted by molar-refractivity contribution is -0.149. The highest BCUT2D eigenvalue weighted by Crippen LogP contribution is 2.31. The number of esters is 1. The number of amides is 1. The number of hydrogen-bond acceptors (Lipinski definition) is 5. The van der Waals surface area contributed by atoms with Gasteiger partial charge in [-0.1, -0.05) is 66.7 Å². The van der Waals surface area contributed by atoms with Crippen LogP contribution in [0.15, 0.2) is 78.9 Å². The lowest BCUT2D eigenvalue weighted by Gasteiger charge is -2.20. The van der Waals surface area contributed by atoms with Crippen LogP contribution in [0.3, 0.4) is 0 Å². The summed E-state index contributed by atoms with van der Waals surface area (Å²) >= 11 is 0. The molecule has 0 fully saturated rings. The summed E-state index contributed by atoms with van der Waals surface area (Å²) in [6.45, 7) is 0.167. The molecule has 1 N–H and O–H groups in total. The lowest BCUT2D eigenvalue weighted by atomic mass is 10.1. The second kappa shape index (κ2) is 13.0. The second-order valence-electron chi connectivity index (χ2n) is 7.87. The van der Waals surface area contributed by atoms with Gasteiger partial charge in [-0.25, -0.2) is 0 Å². The van der Waals surface area contributed by atoms with E-state index < -0.39 is 6.10 Å². The molecule has 3 aromatic rings. The molecule has 1 amide bonds. The van der Waals surface area contributed by atoms with Gasteiger partial charge in [-0.05, 0) is 41.7 Å². The second-order valence-corrected chi connectivity index (χ2v) is 7.87. The first-order chi connectivity index (χ1) is 16.6. The van der Waals surface area contributed by atoms with Gasteiger partial charge in [0, 0.05) is 12.8 Å². The molecule has 34 heavy (non-hydrogen) atoms. The molecule has 0 aromatic heterocycles. The van der Waals surface area contributed by atoms with Crippen molar-refractivity contribution in [1.29, 1.82) is 0 Å². The van der Waals surface area contributed by atoms with Crippen molar-refractivity contribution in [2.45, 2.75) is 31.8 Å². The smallest absolute Gasteiger partial charge is 0.306 e. The Morgan fingerprint density at radius 2 is 1.35 bits per heavy atom. The minimum atomic E-state index is -0.649. The Morgan fingerprint density at radius 3 is 1.94 bits per heavy atom. The van der Waals surface area contributed by atoms with Crippen LogP contribution < -0.4 is 14.8 Å². The lowest BCUT2D eigenvalue weighted by Crippen LogP contribution is -2.30. The monoisotopic (exact) mass is 461 g/mol. The number of nitrogens with one attached hydrogen (secondary N) is 1. The Kier molecular flexibility index (Phi) is 9.52. The van der Waals surface area contributed by atoms with Crippen LogP contribution in [0.4, 0.5) is 0 Å². The molecule has 0 spiro atoms. The summed E-state index contributed by atoms with van der Waals surface area (Å²) in [5.74, 6) is 0.671. The molecule has 0 aliphatic carbocycles. The summed E-state index contributed by atoms with van der Waals surface area (Å²) in [7, 11) is 3.11. The normalized spacial score (nSPS) is 11.4. The Morgan fingerprint density at radius 1 is 0.765 bits per heavy atom. The third-order valence-corrected chi connectivity index (χ3v) is 5.48. The number of carbonyl (C=O) groups is 2. The Bertz CT molecular complexity index is 1050. The van der Waals surface area contributed by atoms with Crippen LogP contribution in [-0.4, -0.2) is 32.6 Å². The summed E-state index contributed by atoms with van der Waals surface area (Å²) in [5, 5.41) is 2.91. The molecular formula is C28H31NO5. The highest BCUT2D eigenvalue weighted by atomic mass is 16.5. The van der Waals surface area contributed by atoms with E-state index in [4.69, 9.17) is 14.2 Å². The van der Waals surface area contributed by atoms with Crippen molar-refractivity contribution < 1.29 is 23.8 Å². The molecule has 0 aliphatic heterocycles. The molecule has 0 heterocycles. The Balaban J connectivity index is 1.64. The summed E-state index contributed by atoms with van der Waals surface area (Å²) in [6.07, 6.45) is 1.18. The van der Waals surface area contributed by atoms with Crippen LogP contribution in [0.2, 0.25) is 0 Å². The summed E-state index contributed by atoms with van der Waals surface area (Å²) in [4.78, 5) is 25.1. The molecule has 0 aliphatic rings. The van der Waals surface area contributed by atoms with Crippen LogP contribution in [0.25, 0.3) is 0 Å². The minimum Gasteiger partial charge on any atom is -0.493 e. The molecule has 178 valence electrons. The molecule has 6 heteroatoms. The molecule has 0 unspecified atom stereocenters. The molecule has 3 aromatic carbocycles. The third kappa shape index (κ3) is 7.66. The van der Waals surface area contributed by atoms with Crippen molar-refractivity contribution in [2.24, 2.45) is 0 Å². The number of methoxy groups -OCH3 is 2. The van der Waals surface area contributed by atoms with E-state index in [0.29, 0.717) is 36.3 Å². The van der Waals surface area contributed by atoms with Crippen molar-refractivity contribution in [3.63, 3.8) is 0 Å². The fourth-order valence-corrected chi connectivity index (χ4v) is 3.59. The molecular weight excluding hydrogens is 430 g/mol. The molecule has 3 rings (SSSR count). The van der Waals surface area contributed by atoms with E-state index in [1.54, 1.807) is 26.4 Å². The van der Waals surface area contributed by atoms with Gasteiger partial charge >= 0.3 is 5.97 Å². The van der Waals surface area contributed by atoms with Gasteiger partial charge in [0.25, 0.3) is 0 Å². The standard InChI is InChI=1S/C28H31NO5/c1-32-24-16-15-23(19-25(24)33-2)26(34-28(31)18-14-22-11-7-4-8-12-22)20-29-27(30)17-13-21-9-5-3-6-10-21/h3-12,15-16,19,26H,13-14,17-18,20H2,1-2H3,(H,29,30)/t26-/m0/s1. The van der Waals surface area contributed by atoms with Crippen molar-refractivity contribution in [2.75, 3.05) is 20.8 Å². The zero-order valence-electron chi connectivity index (χ0n) is 19.7. The van der Waals surface area contributed by atoms with Gasteiger partial charge in [-0.2, -0.15) is 0 Å². The number of aryl methyl sites for hydroxylation is 2. The van der Waals surface area contributed by atoms with E-state index in [1.165, 1.54) is 0 Å². The molecule has 0 saturated carbocycles. The Hall–Kier alpha value is -3.80. The van der Waals surface area contributed by atoms with E-state index in [-0.39, 0.29) is 24.8 Å². The van der Waals surface area contributed by atoms with E-state index in [9.17, 15) is 9.59 Å². The van der Waals surface area contributed by atoms with Gasteiger partial charge < -0.3 is 19.5 Å². The zero-order chi connectivity index (χ0) is 24.2. The van der Waals surface area contributed by atoms with Crippen molar-refractivity contribution >= 4 is 11.9 Å². The zero-order valence-corrected chi connectivity index (χ0v) is 19.7. The van der Waals surface area contributed by atoms with Gasteiger partial charge in [0.05, 0.1) is 20.8 Å². The van der Waals surface area contributed by atoms with Gasteiger partial charge in [0.2, 0.25) is 5.91 Å². The predicted molar refractivity (Wildman–Crippen MR) is 131 cm³/mol. The van der Waals surface area contributed by atoms with Crippen LogP contribution in [0.1, 0.15) is 35.6 Å². The van der Waals surface area contributed by atoms with Crippen LogP contribution >= 0.6 is 0 Å². The predicted octanol–water partition coefficient (Wildman–Crippen LogP) is 4.67. The topological polar surface area (TPSA) is 73.9 Å². The first-order valence-corrected chi connectivity index (χ1v) is 11.3. The van der Waals surface area contributed by atoms with Crippen molar-refractivity contribution in [1.82, 2.24) is 5.32 Å². The first-order valence-electron chi connectivity index (χ1n) is 11.3. The molecule has 1 atom stereocenters. The van der Waals surface area contributed by atoms with Crippen molar-refractivity contribution in [3.05, 3.63) is 95.6 Å². The number of rotatable bonds is 12. The maximum atomic E-state index is 12.6. The van der Waals surface area contributed by atoms with Crippen LogP contribution in [0.5, 0.6) is 11.5 Å². The van der Waals surface area contributed by atoms with Gasteiger partial charge in [-0.3, -0.25) is 9.59 Å². The number of hydrogen-bond donors (Lipinski definition) is 1. The van der Waals surface area contributed by atoms with E-state index in [2.05, 4.69) is 5.32 Å². The number of ether oxygens (including phenoxy) is 3. The van der Waals surface area contributed by atoms with Gasteiger partial charge in [0.1, 0.15) is 6.10 Å². The fourth-order valence-electron chi connectivity index (χ4n) is 3.59. The van der Waals surface area contributed by atoms with E-state index in [1.807, 2.05) is 66.7 Å². The highest BCUT2D eigenvalue weighted by Gasteiger charge is 2.20. The first kappa shape index (κ1) is 24.8. The molecule has 0 saturated heterocycles. The summed E-state index contributed by atoms with van der Waals surface area (Å²) in [5.41, 5.74) is 2.88. The van der Waals surface area contributed by atoms with Crippen LogP contribution in [0, 0.1) is 0 Å². The van der Waals surface area contributed by atoms with Gasteiger partial charge in [0.15, 0.2) is 11.5 Å². The minimum absolute atomic E-state index is 0.102. The molecule has 0 bridgehead atoms. The van der Waals surface area contributed by atoms with Crippen LogP contribution in [-0.2, 0) is 27.2 Å². The third-order valence-electron chi connectivity index (χ3n) is 5.48. The maximum absolute atomic E-state index is 12.6. The SMILES string of the molecule is COc1ccc([C@H](CNC(=O)CCc2ccccc2)OC(=O)CCc2ccccc2)cc1OC. The quantitative estimate of drug-likeness (QED) is 0.397. The largest absolute Gasteiger partial charge is 0.493 e. The summed E-state index contributed by atoms with van der Waals surface area (Å²) in [6, 6.07) is 25.0. The fraction of sp³-hybridized carbons (Fsp3) is 0.286. The average molecular weight is 462 g/mol. The van der Waals surface area contributed by atoms with E-state index >= 15 is 0 Å².